The largest absolute Gasteiger partial charge is 0.444 e. The highest BCUT2D eigenvalue weighted by Gasteiger charge is 2.32. The van der Waals surface area contributed by atoms with Gasteiger partial charge in [-0.05, 0) is 52.2 Å². The van der Waals surface area contributed by atoms with Crippen molar-refractivity contribution in [3.05, 3.63) is 24.3 Å². The second kappa shape index (κ2) is 7.41. The van der Waals surface area contributed by atoms with Gasteiger partial charge in [0.15, 0.2) is 4.34 Å². The van der Waals surface area contributed by atoms with Gasteiger partial charge in [0.25, 0.3) is 0 Å². The molecular formula is C18H24N2O3S2. The molecule has 25 heavy (non-hydrogen) atoms. The van der Waals surface area contributed by atoms with Crippen LogP contribution in [0.25, 0.3) is 10.2 Å². The first kappa shape index (κ1) is 18.3. The number of hydrogen-bond acceptors (Lipinski definition) is 5. The number of carbonyl (C=O) groups is 1. The highest BCUT2D eigenvalue weighted by Crippen LogP contribution is 2.27. The minimum atomic E-state index is -1.22. The summed E-state index contributed by atoms with van der Waals surface area (Å²) in [6.45, 7) is 6.26. The van der Waals surface area contributed by atoms with Crippen molar-refractivity contribution in [1.29, 1.82) is 0 Å². The van der Waals surface area contributed by atoms with E-state index in [-0.39, 0.29) is 12.1 Å². The van der Waals surface area contributed by atoms with Crippen molar-refractivity contribution in [2.24, 2.45) is 0 Å². The van der Waals surface area contributed by atoms with Gasteiger partial charge in [-0.15, -0.1) is 11.3 Å². The van der Waals surface area contributed by atoms with E-state index in [1.165, 1.54) is 11.3 Å². The van der Waals surface area contributed by atoms with Gasteiger partial charge in [-0.1, -0.05) is 12.1 Å². The van der Waals surface area contributed by atoms with Gasteiger partial charge < -0.3 is 9.64 Å². The number of para-hydroxylation sites is 1. The van der Waals surface area contributed by atoms with Crippen molar-refractivity contribution in [3.63, 3.8) is 0 Å². The number of piperidine rings is 1. The Bertz CT molecular complexity index is 749. The van der Waals surface area contributed by atoms with Crippen LogP contribution in [0.2, 0.25) is 0 Å². The molecule has 0 radical (unpaired) electrons. The van der Waals surface area contributed by atoms with Crippen molar-refractivity contribution < 1.29 is 13.7 Å². The fourth-order valence-electron chi connectivity index (χ4n) is 2.93. The van der Waals surface area contributed by atoms with Crippen LogP contribution in [0.1, 0.15) is 40.0 Å². The van der Waals surface area contributed by atoms with Crippen molar-refractivity contribution >= 4 is 38.4 Å². The molecule has 0 N–H and O–H groups in total. The van der Waals surface area contributed by atoms with E-state index in [1.807, 2.05) is 45.0 Å². The van der Waals surface area contributed by atoms with Gasteiger partial charge >= 0.3 is 6.09 Å². The zero-order valence-corrected chi connectivity index (χ0v) is 16.5. The number of likely N-dealkylation sites (tertiary alicyclic amines) is 1. The topological polar surface area (TPSA) is 59.5 Å². The van der Waals surface area contributed by atoms with Crippen LogP contribution in [-0.2, 0) is 15.5 Å². The molecule has 0 unspecified atom stereocenters. The minimum Gasteiger partial charge on any atom is -0.444 e. The van der Waals surface area contributed by atoms with Crippen LogP contribution >= 0.6 is 11.3 Å². The molecule has 0 aliphatic carbocycles. The molecule has 2 atom stereocenters. The number of thiazole rings is 1. The Morgan fingerprint density at radius 1 is 1.36 bits per heavy atom. The summed E-state index contributed by atoms with van der Waals surface area (Å²) in [4.78, 5) is 18.7. The van der Waals surface area contributed by atoms with Crippen LogP contribution in [0, 0.1) is 0 Å². The fraction of sp³-hybridized carbons (Fsp3) is 0.556. The lowest BCUT2D eigenvalue weighted by Gasteiger charge is -2.36. The van der Waals surface area contributed by atoms with Crippen LogP contribution < -0.4 is 0 Å². The Labute approximate surface area is 154 Å². The second-order valence-corrected chi connectivity index (χ2v) is 9.98. The molecule has 0 spiro atoms. The molecule has 1 aromatic carbocycles. The summed E-state index contributed by atoms with van der Waals surface area (Å²) >= 11 is 1.47. The first-order valence-electron chi connectivity index (χ1n) is 8.57. The molecule has 5 nitrogen and oxygen atoms in total. The molecule has 1 amide bonds. The predicted molar refractivity (Wildman–Crippen MR) is 101 cm³/mol. The maximum Gasteiger partial charge on any atom is 0.410 e. The lowest BCUT2D eigenvalue weighted by molar-refractivity contribution is 0.0125. The maximum atomic E-state index is 12.8. The van der Waals surface area contributed by atoms with E-state index >= 15 is 0 Å². The van der Waals surface area contributed by atoms with Gasteiger partial charge in [-0.2, -0.15) is 0 Å². The Hall–Kier alpha value is -1.47. The average Bonchev–Trinajstić information content (AvgIpc) is 2.98. The third-order valence-electron chi connectivity index (χ3n) is 4.07. The highest BCUT2D eigenvalue weighted by atomic mass is 32.2. The van der Waals surface area contributed by atoms with Crippen LogP contribution in [-0.4, -0.2) is 44.1 Å². The number of amides is 1. The Morgan fingerprint density at radius 3 is 2.84 bits per heavy atom. The van der Waals surface area contributed by atoms with E-state index in [0.717, 1.165) is 29.5 Å². The first-order valence-corrected chi connectivity index (χ1v) is 10.7. The average molecular weight is 381 g/mol. The summed E-state index contributed by atoms with van der Waals surface area (Å²) in [6.07, 6.45) is 2.55. The van der Waals surface area contributed by atoms with Gasteiger partial charge in [0.1, 0.15) is 5.60 Å². The van der Waals surface area contributed by atoms with Crippen LogP contribution in [0.3, 0.4) is 0 Å². The number of ether oxygens (including phenoxy) is 1. The Morgan fingerprint density at radius 2 is 2.12 bits per heavy atom. The number of aromatic nitrogens is 1. The van der Waals surface area contributed by atoms with Crippen LogP contribution in [0.15, 0.2) is 28.6 Å². The molecule has 1 aliphatic rings. The first-order chi connectivity index (χ1) is 11.8. The summed E-state index contributed by atoms with van der Waals surface area (Å²) in [7, 11) is -1.22. The van der Waals surface area contributed by atoms with Crippen molar-refractivity contribution in [2.75, 3.05) is 12.3 Å². The van der Waals surface area contributed by atoms with E-state index < -0.39 is 16.4 Å². The van der Waals surface area contributed by atoms with E-state index in [0.29, 0.717) is 16.6 Å². The normalized spacial score (nSPS) is 19.8. The fourth-order valence-corrected chi connectivity index (χ4v) is 5.51. The number of carbonyl (C=O) groups excluding carboxylic acids is 1. The van der Waals surface area contributed by atoms with E-state index in [1.54, 1.807) is 4.90 Å². The predicted octanol–water partition coefficient (Wildman–Crippen LogP) is 4.19. The molecular weight excluding hydrogens is 356 g/mol. The molecule has 1 fully saturated rings. The van der Waals surface area contributed by atoms with Crippen molar-refractivity contribution in [1.82, 2.24) is 9.88 Å². The molecule has 3 rings (SSSR count). The molecule has 2 aromatic rings. The minimum absolute atomic E-state index is 0.0588. The van der Waals surface area contributed by atoms with E-state index in [4.69, 9.17) is 4.74 Å². The number of fused-ring (bicyclic) bond motifs is 1. The summed E-state index contributed by atoms with van der Waals surface area (Å²) in [5.41, 5.74) is 0.356. The molecule has 2 heterocycles. The molecule has 1 saturated heterocycles. The zero-order chi connectivity index (χ0) is 18.0. The molecule has 1 aromatic heterocycles. The van der Waals surface area contributed by atoms with Crippen molar-refractivity contribution in [3.8, 4) is 0 Å². The molecule has 0 saturated carbocycles. The number of nitrogens with zero attached hydrogens (tertiary/aromatic N) is 2. The summed E-state index contributed by atoms with van der Waals surface area (Å²) < 4.78 is 20.0. The maximum absolute atomic E-state index is 12.8. The zero-order valence-electron chi connectivity index (χ0n) is 14.9. The van der Waals surface area contributed by atoms with Gasteiger partial charge in [0.05, 0.1) is 26.8 Å². The number of hydrogen-bond donors (Lipinski definition) is 0. The van der Waals surface area contributed by atoms with E-state index in [9.17, 15) is 9.00 Å². The Balaban J connectivity index is 1.72. The van der Waals surface area contributed by atoms with Gasteiger partial charge in [0.2, 0.25) is 0 Å². The molecule has 136 valence electrons. The summed E-state index contributed by atoms with van der Waals surface area (Å²) in [5.74, 6) is 0.416. The van der Waals surface area contributed by atoms with Gasteiger partial charge in [-0.3, -0.25) is 4.21 Å². The van der Waals surface area contributed by atoms with Crippen LogP contribution in [0.5, 0.6) is 0 Å². The lowest BCUT2D eigenvalue weighted by Crippen LogP contribution is -2.48. The highest BCUT2D eigenvalue weighted by molar-refractivity contribution is 7.87. The van der Waals surface area contributed by atoms with Gasteiger partial charge in [-0.25, -0.2) is 9.78 Å². The number of rotatable bonds is 3. The standard InChI is InChI=1S/C18H24N2O3S2/c1-18(2,3)23-17(21)20-11-7-6-8-13(20)12-25(22)16-19-14-9-4-5-10-15(14)24-16/h4-5,9-10,13H,6-8,11-12H2,1-3H3/t13-,25-/m0/s1. The van der Waals surface area contributed by atoms with Gasteiger partial charge in [0, 0.05) is 12.6 Å². The summed E-state index contributed by atoms with van der Waals surface area (Å²) in [5, 5.41) is 0. The lowest BCUT2D eigenvalue weighted by atomic mass is 10.0. The molecule has 0 bridgehead atoms. The van der Waals surface area contributed by atoms with Crippen LogP contribution in [0.4, 0.5) is 4.79 Å². The van der Waals surface area contributed by atoms with Crippen molar-refractivity contribution in [2.45, 2.75) is 56.0 Å². The van der Waals surface area contributed by atoms with E-state index in [2.05, 4.69) is 4.98 Å². The third kappa shape index (κ3) is 4.58. The molecule has 1 aliphatic heterocycles. The second-order valence-electron chi connectivity index (χ2n) is 7.28. The summed E-state index contributed by atoms with van der Waals surface area (Å²) in [6, 6.07) is 7.75. The monoisotopic (exact) mass is 380 g/mol. The molecule has 7 heteroatoms. The Kier molecular flexibility index (Phi) is 5.43. The SMILES string of the molecule is CC(C)(C)OC(=O)N1CCCC[C@H]1C[S@](=O)c1nc2ccccc2s1. The third-order valence-corrected chi connectivity index (χ3v) is 6.87. The number of benzene rings is 1. The quantitative estimate of drug-likeness (QED) is 0.801. The smallest absolute Gasteiger partial charge is 0.410 e.